The number of hydrogen-bond acceptors (Lipinski definition) is 5. The minimum atomic E-state index is -4.79. The summed E-state index contributed by atoms with van der Waals surface area (Å²) in [5.41, 5.74) is 3.67. The lowest BCUT2D eigenvalue weighted by atomic mass is 10.0. The lowest BCUT2D eigenvalue weighted by Gasteiger charge is -2.19. The van der Waals surface area contributed by atoms with Crippen LogP contribution in [0.1, 0.15) is 37.8 Å². The van der Waals surface area contributed by atoms with E-state index in [4.69, 9.17) is 5.73 Å². The Morgan fingerprint density at radius 3 is 2.42 bits per heavy atom. The molecule has 1 aliphatic heterocycles. The molecule has 1 saturated heterocycles. The number of hydrogen-bond donors (Lipinski definition) is 2. The fourth-order valence-corrected chi connectivity index (χ4v) is 3.44. The lowest BCUT2D eigenvalue weighted by molar-refractivity contribution is -0.138. The zero-order chi connectivity index (χ0) is 19.6. The second-order valence-electron chi connectivity index (χ2n) is 5.98. The fraction of sp³-hybridized carbons (Fsp3) is 0.412. The number of aromatic hydroxyl groups is 1. The van der Waals surface area contributed by atoms with Crippen LogP contribution in [0.2, 0.25) is 0 Å². The van der Waals surface area contributed by atoms with E-state index in [0.29, 0.717) is 17.8 Å². The molecule has 1 heterocycles. The first-order valence-electron chi connectivity index (χ1n) is 8.03. The fourth-order valence-electron chi connectivity index (χ4n) is 2.59. The van der Waals surface area contributed by atoms with Crippen LogP contribution in [0, 0.1) is 5.92 Å². The normalized spacial score (nSPS) is 17.0. The van der Waals surface area contributed by atoms with E-state index in [-0.39, 0.29) is 22.9 Å². The summed E-state index contributed by atoms with van der Waals surface area (Å²) < 4.78 is 38.9. The minimum absolute atomic E-state index is 0.0133. The Morgan fingerprint density at radius 2 is 1.88 bits per heavy atom. The van der Waals surface area contributed by atoms with Gasteiger partial charge in [0.25, 0.3) is 11.1 Å². The van der Waals surface area contributed by atoms with Crippen molar-refractivity contribution in [1.82, 2.24) is 4.90 Å². The number of nitrogens with two attached hydrogens (primary N) is 1. The average molecular weight is 388 g/mol. The van der Waals surface area contributed by atoms with Crippen molar-refractivity contribution in [2.75, 3.05) is 12.3 Å². The van der Waals surface area contributed by atoms with Crippen LogP contribution in [0.25, 0.3) is 6.08 Å². The standard InChI is InChI=1S/C17H19F3N2O3S/c1-3-9(4-2)8-22-15(24)13(26-16(22)25)7-10-5-11(17(18,19)20)14(23)12(21)6-10/h5-7,9,23H,3-4,8,21H2,1-2H3/b13-7-. The number of amides is 2. The third-order valence-electron chi connectivity index (χ3n) is 4.23. The second kappa shape index (κ2) is 7.61. The van der Waals surface area contributed by atoms with Gasteiger partial charge in [0.2, 0.25) is 0 Å². The molecule has 3 N–H and O–H groups in total. The molecule has 1 fully saturated rings. The summed E-state index contributed by atoms with van der Waals surface area (Å²) in [6, 6.07) is 1.82. The van der Waals surface area contributed by atoms with E-state index >= 15 is 0 Å². The highest BCUT2D eigenvalue weighted by molar-refractivity contribution is 8.18. The van der Waals surface area contributed by atoms with Crippen LogP contribution < -0.4 is 5.73 Å². The van der Waals surface area contributed by atoms with Crippen LogP contribution in [-0.2, 0) is 11.0 Å². The van der Waals surface area contributed by atoms with Gasteiger partial charge in [-0.2, -0.15) is 13.2 Å². The molecule has 1 aliphatic rings. The first kappa shape index (κ1) is 20.2. The zero-order valence-corrected chi connectivity index (χ0v) is 15.1. The summed E-state index contributed by atoms with van der Waals surface area (Å²) in [7, 11) is 0. The van der Waals surface area contributed by atoms with E-state index in [9.17, 15) is 27.9 Å². The molecule has 5 nitrogen and oxygen atoms in total. The topological polar surface area (TPSA) is 83.6 Å². The van der Waals surface area contributed by atoms with Gasteiger partial charge in [0, 0.05) is 6.54 Å². The Hall–Kier alpha value is -2.16. The van der Waals surface area contributed by atoms with E-state index in [2.05, 4.69) is 0 Å². The van der Waals surface area contributed by atoms with E-state index in [1.807, 2.05) is 13.8 Å². The molecule has 0 unspecified atom stereocenters. The van der Waals surface area contributed by atoms with Crippen molar-refractivity contribution in [3.8, 4) is 5.75 Å². The molecule has 142 valence electrons. The molecule has 9 heteroatoms. The molecule has 2 amide bonds. The summed E-state index contributed by atoms with van der Waals surface area (Å²) in [5.74, 6) is -1.42. The monoisotopic (exact) mass is 388 g/mol. The maximum atomic E-state index is 13.0. The molecule has 0 spiro atoms. The van der Waals surface area contributed by atoms with Gasteiger partial charge < -0.3 is 10.8 Å². The Bertz CT molecular complexity index is 758. The number of nitrogen functional groups attached to an aromatic ring is 1. The number of nitrogens with zero attached hydrogens (tertiary/aromatic N) is 1. The third-order valence-corrected chi connectivity index (χ3v) is 5.14. The Kier molecular flexibility index (Phi) is 5.90. The molecule has 2 rings (SSSR count). The molecular weight excluding hydrogens is 369 g/mol. The lowest BCUT2D eigenvalue weighted by Crippen LogP contribution is -2.33. The number of phenolic OH excluding ortho intramolecular Hbond substituents is 1. The van der Waals surface area contributed by atoms with E-state index in [1.165, 1.54) is 6.08 Å². The van der Waals surface area contributed by atoms with Crippen molar-refractivity contribution in [3.63, 3.8) is 0 Å². The van der Waals surface area contributed by atoms with Crippen LogP contribution in [0.3, 0.4) is 0 Å². The molecule has 1 aromatic rings. The highest BCUT2D eigenvalue weighted by Crippen LogP contribution is 2.41. The number of alkyl halides is 3. The summed E-state index contributed by atoms with van der Waals surface area (Å²) >= 11 is 0.677. The molecule has 26 heavy (non-hydrogen) atoms. The predicted octanol–water partition coefficient (Wildman–Crippen LogP) is 4.47. The van der Waals surface area contributed by atoms with Crippen molar-refractivity contribution in [3.05, 3.63) is 28.2 Å². The van der Waals surface area contributed by atoms with Crippen LogP contribution in [0.4, 0.5) is 23.7 Å². The number of carbonyl (C=O) groups is 2. The van der Waals surface area contributed by atoms with Crippen LogP contribution in [-0.4, -0.2) is 27.7 Å². The molecule has 1 aromatic carbocycles. The molecule has 0 radical (unpaired) electrons. The third kappa shape index (κ3) is 4.14. The summed E-state index contributed by atoms with van der Waals surface area (Å²) in [6.45, 7) is 4.20. The first-order chi connectivity index (χ1) is 12.1. The number of imide groups is 1. The molecular formula is C17H19F3N2O3S. The Labute approximate surface area is 153 Å². The Balaban J connectivity index is 2.35. The second-order valence-corrected chi connectivity index (χ2v) is 6.97. The van der Waals surface area contributed by atoms with Gasteiger partial charge in [-0.15, -0.1) is 0 Å². The highest BCUT2D eigenvalue weighted by Gasteiger charge is 2.37. The number of halogens is 3. The molecule has 0 aromatic heterocycles. The van der Waals surface area contributed by atoms with Gasteiger partial charge in [-0.1, -0.05) is 26.7 Å². The number of phenols is 1. The molecule has 0 atom stereocenters. The van der Waals surface area contributed by atoms with Gasteiger partial charge in [-0.25, -0.2) is 0 Å². The highest BCUT2D eigenvalue weighted by atomic mass is 32.2. The summed E-state index contributed by atoms with van der Waals surface area (Å²) in [6.07, 6.45) is -2.00. The van der Waals surface area contributed by atoms with Gasteiger partial charge in [0.05, 0.1) is 16.2 Å². The largest absolute Gasteiger partial charge is 0.505 e. The molecule has 0 saturated carbocycles. The Morgan fingerprint density at radius 1 is 1.27 bits per heavy atom. The van der Waals surface area contributed by atoms with Crippen molar-refractivity contribution in [2.45, 2.75) is 32.9 Å². The SMILES string of the molecule is CCC(CC)CN1C(=O)S/C(=C\c2cc(N)c(O)c(C(F)(F)F)c2)C1=O. The molecule has 0 bridgehead atoms. The van der Waals surface area contributed by atoms with Gasteiger partial charge >= 0.3 is 6.18 Å². The summed E-state index contributed by atoms with van der Waals surface area (Å²) in [5, 5.41) is 9.06. The van der Waals surface area contributed by atoms with Crippen molar-refractivity contribution >= 4 is 34.7 Å². The number of benzene rings is 1. The molecule has 0 aliphatic carbocycles. The minimum Gasteiger partial charge on any atom is -0.505 e. The van der Waals surface area contributed by atoms with E-state index < -0.39 is 34.3 Å². The quantitative estimate of drug-likeness (QED) is 0.442. The van der Waals surface area contributed by atoms with Crippen molar-refractivity contribution in [1.29, 1.82) is 0 Å². The van der Waals surface area contributed by atoms with Crippen molar-refractivity contribution < 1.29 is 27.9 Å². The number of rotatable bonds is 5. The summed E-state index contributed by atoms with van der Waals surface area (Å²) in [4.78, 5) is 25.7. The van der Waals surface area contributed by atoms with Crippen LogP contribution >= 0.6 is 11.8 Å². The average Bonchev–Trinajstić information content (AvgIpc) is 2.81. The van der Waals surface area contributed by atoms with Crippen LogP contribution in [0.5, 0.6) is 5.75 Å². The van der Waals surface area contributed by atoms with Gasteiger partial charge in [0.1, 0.15) is 0 Å². The van der Waals surface area contributed by atoms with Gasteiger partial charge in [-0.3, -0.25) is 14.5 Å². The van der Waals surface area contributed by atoms with Crippen molar-refractivity contribution in [2.24, 2.45) is 5.92 Å². The van der Waals surface area contributed by atoms with E-state index in [1.54, 1.807) is 0 Å². The van der Waals surface area contributed by atoms with Gasteiger partial charge in [-0.05, 0) is 41.5 Å². The maximum absolute atomic E-state index is 13.0. The first-order valence-corrected chi connectivity index (χ1v) is 8.85. The van der Waals surface area contributed by atoms with Crippen LogP contribution in [0.15, 0.2) is 17.0 Å². The number of thioether (sulfide) groups is 1. The van der Waals surface area contributed by atoms with E-state index in [0.717, 1.165) is 23.8 Å². The van der Waals surface area contributed by atoms with Gasteiger partial charge in [0.15, 0.2) is 5.75 Å². The maximum Gasteiger partial charge on any atom is 0.420 e. The predicted molar refractivity (Wildman–Crippen MR) is 94.3 cm³/mol. The number of anilines is 1. The number of carbonyl (C=O) groups excluding carboxylic acids is 2. The zero-order valence-electron chi connectivity index (χ0n) is 14.3. The smallest absolute Gasteiger partial charge is 0.420 e.